The first-order chi connectivity index (χ1) is 8.56. The van der Waals surface area contributed by atoms with Crippen molar-refractivity contribution in [2.75, 3.05) is 0 Å². The monoisotopic (exact) mass is 246 g/mol. The number of carboxylic acids is 1. The number of aromatic carboxylic acids is 1. The third-order valence-corrected chi connectivity index (χ3v) is 2.59. The van der Waals surface area contributed by atoms with Crippen LogP contribution in [-0.4, -0.2) is 20.9 Å². The maximum atomic E-state index is 10.9. The molecule has 1 aromatic heterocycles. The Labute approximate surface area is 105 Å². The van der Waals surface area contributed by atoms with Crippen LogP contribution in [0.2, 0.25) is 0 Å². The Morgan fingerprint density at radius 3 is 2.83 bits per heavy atom. The molecule has 0 bridgehead atoms. The molecule has 5 nitrogen and oxygen atoms in total. The van der Waals surface area contributed by atoms with Crippen molar-refractivity contribution in [1.29, 1.82) is 0 Å². The number of carboxylic acid groups (broad SMARTS) is 1. The molecule has 0 atom stereocenters. The molecule has 0 fully saturated rings. The maximum absolute atomic E-state index is 10.9. The third-order valence-electron chi connectivity index (χ3n) is 2.59. The highest BCUT2D eigenvalue weighted by Crippen LogP contribution is 2.18. The molecular weight excluding hydrogens is 232 g/mol. The van der Waals surface area contributed by atoms with E-state index in [0.29, 0.717) is 23.5 Å². The maximum Gasteiger partial charge on any atom is 0.335 e. The van der Waals surface area contributed by atoms with Crippen molar-refractivity contribution in [2.24, 2.45) is 7.05 Å². The standard InChI is InChI=1S/C13H14N2O3/c1-9-5-11(3-4-12(9)13(16)17)18-8-10-6-14-15(2)7-10/h3-7H,8H2,1-2H3,(H,16,17). The number of nitrogens with zero attached hydrogens (tertiary/aromatic N) is 2. The Morgan fingerprint density at radius 2 is 2.28 bits per heavy atom. The lowest BCUT2D eigenvalue weighted by molar-refractivity contribution is 0.0696. The van der Waals surface area contributed by atoms with E-state index in [-0.39, 0.29) is 0 Å². The SMILES string of the molecule is Cc1cc(OCc2cnn(C)c2)ccc1C(=O)O. The smallest absolute Gasteiger partial charge is 0.335 e. The van der Waals surface area contributed by atoms with E-state index in [1.807, 2.05) is 13.2 Å². The Balaban J connectivity index is 2.06. The van der Waals surface area contributed by atoms with Gasteiger partial charge in [0, 0.05) is 18.8 Å². The number of ether oxygens (including phenoxy) is 1. The molecule has 1 heterocycles. The summed E-state index contributed by atoms with van der Waals surface area (Å²) in [7, 11) is 1.84. The number of carbonyl (C=O) groups is 1. The lowest BCUT2D eigenvalue weighted by atomic mass is 10.1. The Hall–Kier alpha value is -2.30. The molecule has 1 N–H and O–H groups in total. The summed E-state index contributed by atoms with van der Waals surface area (Å²) in [6.45, 7) is 2.17. The minimum atomic E-state index is -0.925. The van der Waals surface area contributed by atoms with E-state index >= 15 is 0 Å². The van der Waals surface area contributed by atoms with Gasteiger partial charge in [0.15, 0.2) is 0 Å². The van der Waals surface area contributed by atoms with Crippen molar-refractivity contribution in [3.05, 3.63) is 47.3 Å². The molecule has 0 aliphatic carbocycles. The zero-order chi connectivity index (χ0) is 13.1. The van der Waals surface area contributed by atoms with Crippen LogP contribution in [0.1, 0.15) is 21.5 Å². The fourth-order valence-corrected chi connectivity index (χ4v) is 1.68. The molecular formula is C13H14N2O3. The summed E-state index contributed by atoms with van der Waals surface area (Å²) >= 11 is 0. The van der Waals surface area contributed by atoms with Crippen molar-refractivity contribution in [3.8, 4) is 5.75 Å². The zero-order valence-electron chi connectivity index (χ0n) is 10.3. The van der Waals surface area contributed by atoms with E-state index in [1.54, 1.807) is 36.0 Å². The fraction of sp³-hybridized carbons (Fsp3) is 0.231. The average molecular weight is 246 g/mol. The molecule has 94 valence electrons. The van der Waals surface area contributed by atoms with Gasteiger partial charge in [0.1, 0.15) is 12.4 Å². The second-order valence-corrected chi connectivity index (χ2v) is 4.09. The van der Waals surface area contributed by atoms with Crippen molar-refractivity contribution in [3.63, 3.8) is 0 Å². The van der Waals surface area contributed by atoms with Gasteiger partial charge in [-0.25, -0.2) is 4.79 Å². The van der Waals surface area contributed by atoms with Crippen molar-refractivity contribution < 1.29 is 14.6 Å². The van der Waals surface area contributed by atoms with Gasteiger partial charge in [0.05, 0.1) is 11.8 Å². The summed E-state index contributed by atoms with van der Waals surface area (Å²) in [6, 6.07) is 4.93. The highest BCUT2D eigenvalue weighted by Gasteiger charge is 2.07. The first-order valence-electron chi connectivity index (χ1n) is 5.50. The second-order valence-electron chi connectivity index (χ2n) is 4.09. The van der Waals surface area contributed by atoms with Crippen molar-refractivity contribution >= 4 is 5.97 Å². The molecule has 18 heavy (non-hydrogen) atoms. The number of aryl methyl sites for hydroxylation is 2. The molecule has 5 heteroatoms. The highest BCUT2D eigenvalue weighted by atomic mass is 16.5. The van der Waals surface area contributed by atoms with E-state index in [0.717, 1.165) is 5.56 Å². The molecule has 0 saturated carbocycles. The van der Waals surface area contributed by atoms with Crippen LogP contribution in [0.15, 0.2) is 30.6 Å². The van der Waals surface area contributed by atoms with Crippen molar-refractivity contribution in [1.82, 2.24) is 9.78 Å². The fourth-order valence-electron chi connectivity index (χ4n) is 1.68. The van der Waals surface area contributed by atoms with E-state index in [1.165, 1.54) is 0 Å². The van der Waals surface area contributed by atoms with Gasteiger partial charge in [-0.05, 0) is 30.7 Å². The second kappa shape index (κ2) is 4.91. The largest absolute Gasteiger partial charge is 0.489 e. The lowest BCUT2D eigenvalue weighted by Gasteiger charge is -2.07. The summed E-state index contributed by atoms with van der Waals surface area (Å²) in [4.78, 5) is 10.9. The molecule has 2 rings (SSSR count). The first kappa shape index (κ1) is 12.2. The molecule has 2 aromatic rings. The summed E-state index contributed by atoms with van der Waals surface area (Å²) in [6.07, 6.45) is 3.61. The van der Waals surface area contributed by atoms with Crippen LogP contribution in [0.25, 0.3) is 0 Å². The van der Waals surface area contributed by atoms with Crippen LogP contribution in [-0.2, 0) is 13.7 Å². The van der Waals surface area contributed by atoms with Gasteiger partial charge < -0.3 is 9.84 Å². The first-order valence-corrected chi connectivity index (χ1v) is 5.50. The Kier molecular flexibility index (Phi) is 3.32. The van der Waals surface area contributed by atoms with Gasteiger partial charge in [-0.1, -0.05) is 0 Å². The van der Waals surface area contributed by atoms with Gasteiger partial charge in [0.2, 0.25) is 0 Å². The van der Waals surface area contributed by atoms with Gasteiger partial charge in [-0.2, -0.15) is 5.10 Å². The molecule has 0 aliphatic rings. The summed E-state index contributed by atoms with van der Waals surface area (Å²) in [5.74, 6) is -0.271. The van der Waals surface area contributed by atoms with Crippen LogP contribution in [0.4, 0.5) is 0 Å². The molecule has 0 aliphatic heterocycles. The highest BCUT2D eigenvalue weighted by molar-refractivity contribution is 5.89. The molecule has 0 amide bonds. The van der Waals surface area contributed by atoms with Gasteiger partial charge in [-0.15, -0.1) is 0 Å². The quantitative estimate of drug-likeness (QED) is 0.896. The Bertz CT molecular complexity index is 575. The van der Waals surface area contributed by atoms with Crippen LogP contribution >= 0.6 is 0 Å². The van der Waals surface area contributed by atoms with Crippen LogP contribution in [0, 0.1) is 6.92 Å². The minimum Gasteiger partial charge on any atom is -0.489 e. The molecule has 0 spiro atoms. The van der Waals surface area contributed by atoms with Gasteiger partial charge >= 0.3 is 5.97 Å². The predicted molar refractivity (Wildman–Crippen MR) is 65.7 cm³/mol. The third kappa shape index (κ3) is 2.68. The average Bonchev–Trinajstić information content (AvgIpc) is 2.72. The Morgan fingerprint density at radius 1 is 1.50 bits per heavy atom. The summed E-state index contributed by atoms with van der Waals surface area (Å²) < 4.78 is 7.28. The van der Waals surface area contributed by atoms with E-state index < -0.39 is 5.97 Å². The lowest BCUT2D eigenvalue weighted by Crippen LogP contribution is -2.00. The summed E-state index contributed by atoms with van der Waals surface area (Å²) in [5, 5.41) is 13.0. The number of benzene rings is 1. The van der Waals surface area contributed by atoms with Crippen LogP contribution in [0.5, 0.6) is 5.75 Å². The van der Waals surface area contributed by atoms with Crippen molar-refractivity contribution in [2.45, 2.75) is 13.5 Å². The van der Waals surface area contributed by atoms with Crippen LogP contribution in [0.3, 0.4) is 0 Å². The topological polar surface area (TPSA) is 64.4 Å². The zero-order valence-corrected chi connectivity index (χ0v) is 10.3. The van der Waals surface area contributed by atoms with Crippen LogP contribution < -0.4 is 4.74 Å². The number of hydrogen-bond donors (Lipinski definition) is 1. The molecule has 0 unspecified atom stereocenters. The minimum absolute atomic E-state index is 0.295. The van der Waals surface area contributed by atoms with Gasteiger partial charge in [-0.3, -0.25) is 4.68 Å². The van der Waals surface area contributed by atoms with E-state index in [9.17, 15) is 4.79 Å². The number of aromatic nitrogens is 2. The predicted octanol–water partition coefficient (Wildman–Crippen LogP) is 2.01. The molecule has 0 saturated heterocycles. The molecule has 1 aromatic carbocycles. The van der Waals surface area contributed by atoms with E-state index in [2.05, 4.69) is 5.10 Å². The number of hydrogen-bond acceptors (Lipinski definition) is 3. The van der Waals surface area contributed by atoms with Gasteiger partial charge in [0.25, 0.3) is 0 Å². The molecule has 0 radical (unpaired) electrons. The summed E-state index contributed by atoms with van der Waals surface area (Å²) in [5.41, 5.74) is 1.95. The number of rotatable bonds is 4. The van der Waals surface area contributed by atoms with E-state index in [4.69, 9.17) is 9.84 Å². The normalized spacial score (nSPS) is 10.3.